The average Bonchev–Trinajstić information content (AvgIpc) is 3.51. The Morgan fingerprint density at radius 3 is 2.54 bits per heavy atom. The van der Waals surface area contributed by atoms with Crippen LogP contribution in [0.1, 0.15) is 25.5 Å². The molecule has 1 aliphatic rings. The molecule has 0 saturated carbocycles. The summed E-state index contributed by atoms with van der Waals surface area (Å²) >= 11 is 1.16. The van der Waals surface area contributed by atoms with Crippen LogP contribution in [-0.2, 0) is 9.59 Å². The summed E-state index contributed by atoms with van der Waals surface area (Å²) in [5.41, 5.74) is 2.01. The number of nitrogens with zero attached hydrogens (tertiary/aromatic N) is 1. The lowest BCUT2D eigenvalue weighted by molar-refractivity contribution is -0.114. The molecule has 212 valence electrons. The molecule has 0 radical (unpaired) electrons. The van der Waals surface area contributed by atoms with Gasteiger partial charge in [-0.05, 0) is 50.2 Å². The lowest BCUT2D eigenvalue weighted by atomic mass is 9.85. The molecule has 1 aromatic heterocycles. The van der Waals surface area contributed by atoms with E-state index in [0.717, 1.165) is 11.8 Å². The van der Waals surface area contributed by atoms with E-state index < -0.39 is 11.8 Å². The van der Waals surface area contributed by atoms with Gasteiger partial charge < -0.3 is 34.6 Å². The van der Waals surface area contributed by atoms with Crippen LogP contribution in [0.4, 0.5) is 11.4 Å². The van der Waals surface area contributed by atoms with Crippen molar-refractivity contribution in [3.8, 4) is 23.3 Å². The SMILES string of the molecule is CCOc1ccccc1NC(=O)CSC1=C(C#N)C(c2ccco2)C(C(=O)Nc2cc(OC)ccc2OC)=C(C)N1. The van der Waals surface area contributed by atoms with Crippen LogP contribution in [0.25, 0.3) is 0 Å². The number of benzene rings is 2. The summed E-state index contributed by atoms with van der Waals surface area (Å²) in [5, 5.41) is 19.6. The van der Waals surface area contributed by atoms with E-state index in [2.05, 4.69) is 22.0 Å². The first-order valence-electron chi connectivity index (χ1n) is 12.7. The van der Waals surface area contributed by atoms with Crippen molar-refractivity contribution < 1.29 is 28.2 Å². The molecule has 3 aromatic rings. The smallest absolute Gasteiger partial charge is 0.254 e. The van der Waals surface area contributed by atoms with Crippen LogP contribution in [0, 0.1) is 11.3 Å². The number of amides is 2. The quantitative estimate of drug-likeness (QED) is 0.275. The van der Waals surface area contributed by atoms with E-state index in [4.69, 9.17) is 18.6 Å². The van der Waals surface area contributed by atoms with Crippen LogP contribution in [-0.4, -0.2) is 38.4 Å². The zero-order valence-corrected chi connectivity index (χ0v) is 23.9. The van der Waals surface area contributed by atoms with E-state index in [9.17, 15) is 14.9 Å². The zero-order valence-electron chi connectivity index (χ0n) is 23.1. The molecule has 1 atom stereocenters. The van der Waals surface area contributed by atoms with Crippen molar-refractivity contribution in [1.29, 1.82) is 5.26 Å². The molecular formula is C30H30N4O6S. The number of para-hydroxylation sites is 2. The van der Waals surface area contributed by atoms with Gasteiger partial charge in [0.15, 0.2) is 0 Å². The van der Waals surface area contributed by atoms with E-state index in [-0.39, 0.29) is 17.2 Å². The summed E-state index contributed by atoms with van der Waals surface area (Å²) < 4.78 is 22.0. The van der Waals surface area contributed by atoms with Crippen LogP contribution < -0.4 is 30.2 Å². The van der Waals surface area contributed by atoms with E-state index in [1.807, 2.05) is 13.0 Å². The summed E-state index contributed by atoms with van der Waals surface area (Å²) in [4.78, 5) is 26.6. The van der Waals surface area contributed by atoms with Gasteiger partial charge in [-0.25, -0.2) is 0 Å². The maximum atomic E-state index is 13.7. The number of carbonyl (C=O) groups is 2. The number of ether oxygens (including phenoxy) is 3. The number of hydrogen-bond donors (Lipinski definition) is 3. The first-order valence-corrected chi connectivity index (χ1v) is 13.7. The van der Waals surface area contributed by atoms with E-state index >= 15 is 0 Å². The Bertz CT molecular complexity index is 1520. The standard InChI is InChI=1S/C30H30N4O6S/c1-5-39-24-10-7-6-9-21(24)33-26(35)17-41-30-20(16-31)28(25-11-8-14-40-25)27(18(2)32-30)29(36)34-22-15-19(37-3)12-13-23(22)38-4/h6-15,28,32H,5,17H2,1-4H3,(H,33,35)(H,34,36). The van der Waals surface area contributed by atoms with Crippen molar-refractivity contribution in [2.24, 2.45) is 0 Å². The molecule has 3 N–H and O–H groups in total. The van der Waals surface area contributed by atoms with Gasteiger partial charge in [0, 0.05) is 11.8 Å². The van der Waals surface area contributed by atoms with Crippen molar-refractivity contribution in [3.05, 3.63) is 88.5 Å². The lowest BCUT2D eigenvalue weighted by Crippen LogP contribution is -2.31. The molecule has 11 heteroatoms. The highest BCUT2D eigenvalue weighted by atomic mass is 32.2. The second-order valence-corrected chi connectivity index (χ2v) is 9.74. The molecule has 1 aliphatic heterocycles. The van der Waals surface area contributed by atoms with Crippen molar-refractivity contribution in [2.75, 3.05) is 37.2 Å². The predicted octanol–water partition coefficient (Wildman–Crippen LogP) is 5.40. The molecule has 0 saturated heterocycles. The van der Waals surface area contributed by atoms with Crippen LogP contribution >= 0.6 is 11.8 Å². The van der Waals surface area contributed by atoms with Crippen molar-refractivity contribution in [2.45, 2.75) is 19.8 Å². The number of thioether (sulfide) groups is 1. The first kappa shape index (κ1) is 29.2. The normalized spacial score (nSPS) is 14.6. The maximum absolute atomic E-state index is 13.7. The molecule has 0 aliphatic carbocycles. The number of carbonyl (C=O) groups excluding carboxylic acids is 2. The van der Waals surface area contributed by atoms with Gasteiger partial charge in [0.1, 0.15) is 23.0 Å². The molecule has 4 rings (SSSR count). The number of rotatable bonds is 11. The number of hydrogen-bond acceptors (Lipinski definition) is 9. The summed E-state index contributed by atoms with van der Waals surface area (Å²) in [5.74, 6) is 0.434. The van der Waals surface area contributed by atoms with Crippen LogP contribution in [0.2, 0.25) is 0 Å². The highest BCUT2D eigenvalue weighted by Gasteiger charge is 2.37. The van der Waals surface area contributed by atoms with Gasteiger partial charge in [-0.2, -0.15) is 5.26 Å². The van der Waals surface area contributed by atoms with Crippen LogP contribution in [0.5, 0.6) is 17.2 Å². The second kappa shape index (κ2) is 13.5. The monoisotopic (exact) mass is 574 g/mol. The molecular weight excluding hydrogens is 544 g/mol. The molecule has 1 unspecified atom stereocenters. The minimum absolute atomic E-state index is 0.00860. The van der Waals surface area contributed by atoms with Crippen LogP contribution in [0.15, 0.2) is 87.1 Å². The summed E-state index contributed by atoms with van der Waals surface area (Å²) in [6.45, 7) is 4.07. The fraction of sp³-hybridized carbons (Fsp3) is 0.233. The minimum Gasteiger partial charge on any atom is -0.497 e. The predicted molar refractivity (Wildman–Crippen MR) is 157 cm³/mol. The van der Waals surface area contributed by atoms with Gasteiger partial charge in [0.05, 0.1) is 72.4 Å². The maximum Gasteiger partial charge on any atom is 0.254 e. The van der Waals surface area contributed by atoms with Crippen molar-refractivity contribution in [3.63, 3.8) is 0 Å². The Kier molecular flexibility index (Phi) is 9.60. The molecule has 0 fully saturated rings. The molecule has 0 bridgehead atoms. The number of allylic oxidation sites excluding steroid dienone is 2. The Balaban J connectivity index is 1.59. The number of dihydropyridines is 1. The zero-order chi connectivity index (χ0) is 29.4. The second-order valence-electron chi connectivity index (χ2n) is 8.75. The third-order valence-corrected chi connectivity index (χ3v) is 7.20. The summed E-state index contributed by atoms with van der Waals surface area (Å²) in [7, 11) is 3.03. The van der Waals surface area contributed by atoms with Crippen molar-refractivity contribution in [1.82, 2.24) is 5.32 Å². The Labute approximate surface area is 242 Å². The Hall–Kier alpha value is -4.82. The lowest BCUT2D eigenvalue weighted by Gasteiger charge is -2.28. The van der Waals surface area contributed by atoms with Gasteiger partial charge in [0.2, 0.25) is 5.91 Å². The third kappa shape index (κ3) is 6.67. The number of nitriles is 1. The fourth-order valence-electron chi connectivity index (χ4n) is 4.34. The summed E-state index contributed by atoms with van der Waals surface area (Å²) in [6.07, 6.45) is 1.48. The van der Waals surface area contributed by atoms with Gasteiger partial charge in [0.25, 0.3) is 5.91 Å². The average molecular weight is 575 g/mol. The molecule has 0 spiro atoms. The van der Waals surface area contributed by atoms with Gasteiger partial charge in [-0.3, -0.25) is 9.59 Å². The molecule has 2 aromatic carbocycles. The molecule has 2 heterocycles. The third-order valence-electron chi connectivity index (χ3n) is 6.18. The Morgan fingerprint density at radius 2 is 1.85 bits per heavy atom. The van der Waals surface area contributed by atoms with Gasteiger partial charge in [-0.1, -0.05) is 23.9 Å². The fourth-order valence-corrected chi connectivity index (χ4v) is 5.24. The number of nitrogens with one attached hydrogen (secondary N) is 3. The first-order chi connectivity index (χ1) is 19.9. The summed E-state index contributed by atoms with van der Waals surface area (Å²) in [6, 6.07) is 17.9. The van der Waals surface area contributed by atoms with Crippen molar-refractivity contribution >= 4 is 35.0 Å². The van der Waals surface area contributed by atoms with E-state index in [1.165, 1.54) is 20.5 Å². The van der Waals surface area contributed by atoms with Crippen LogP contribution in [0.3, 0.4) is 0 Å². The highest BCUT2D eigenvalue weighted by molar-refractivity contribution is 8.03. The Morgan fingerprint density at radius 1 is 1.05 bits per heavy atom. The molecule has 41 heavy (non-hydrogen) atoms. The van der Waals surface area contributed by atoms with E-state index in [1.54, 1.807) is 55.5 Å². The van der Waals surface area contributed by atoms with E-state index in [0.29, 0.717) is 57.3 Å². The minimum atomic E-state index is -0.808. The van der Waals surface area contributed by atoms with Gasteiger partial charge >= 0.3 is 0 Å². The molecule has 2 amide bonds. The topological polar surface area (TPSA) is 135 Å². The van der Waals surface area contributed by atoms with Gasteiger partial charge in [-0.15, -0.1) is 0 Å². The highest BCUT2D eigenvalue weighted by Crippen LogP contribution is 2.41. The number of anilines is 2. The largest absolute Gasteiger partial charge is 0.497 e. The number of methoxy groups -OCH3 is 2. The molecule has 10 nitrogen and oxygen atoms in total. The number of furan rings is 1.